The number of amides is 2. The fraction of sp³-hybridized carbons (Fsp3) is 0.895. The minimum Gasteiger partial charge on any atom is -0.346 e. The molecule has 5 nitrogen and oxygen atoms in total. The van der Waals surface area contributed by atoms with E-state index in [0.29, 0.717) is 11.8 Å². The van der Waals surface area contributed by atoms with Crippen molar-refractivity contribution in [2.45, 2.75) is 57.9 Å². The molecule has 0 aromatic heterocycles. The average molecular weight is 372 g/mol. The third-order valence-corrected chi connectivity index (χ3v) is 6.64. The number of rotatable bonds is 5. The zero-order valence-electron chi connectivity index (χ0n) is 15.7. The topological polar surface area (TPSA) is 66.6 Å². The Morgan fingerprint density at radius 1 is 1.12 bits per heavy atom. The quantitative estimate of drug-likeness (QED) is 0.806. The lowest BCUT2D eigenvalue weighted by Crippen LogP contribution is -2.50. The van der Waals surface area contributed by atoms with E-state index in [-0.39, 0.29) is 42.1 Å². The van der Waals surface area contributed by atoms with Gasteiger partial charge in [-0.15, -0.1) is 12.4 Å². The van der Waals surface area contributed by atoms with Gasteiger partial charge in [-0.05, 0) is 50.4 Å². The molecule has 144 valence electrons. The minimum atomic E-state index is 0. The van der Waals surface area contributed by atoms with Crippen molar-refractivity contribution in [1.29, 1.82) is 0 Å². The van der Waals surface area contributed by atoms with Gasteiger partial charge in [0.1, 0.15) is 0 Å². The first kappa shape index (κ1) is 20.5. The molecule has 4 atom stereocenters. The Bertz CT molecular complexity index is 477. The lowest BCUT2D eigenvalue weighted by atomic mass is 9.83. The van der Waals surface area contributed by atoms with Crippen LogP contribution in [0.1, 0.15) is 51.9 Å². The lowest BCUT2D eigenvalue weighted by molar-refractivity contribution is -0.143. The second-order valence-corrected chi connectivity index (χ2v) is 8.15. The number of likely N-dealkylation sites (tertiary alicyclic amines) is 1. The monoisotopic (exact) mass is 371 g/mol. The summed E-state index contributed by atoms with van der Waals surface area (Å²) in [6.07, 6.45) is 7.29. The molecular weight excluding hydrogens is 338 g/mol. The Hall–Kier alpha value is -0.810. The number of carbonyl (C=O) groups is 2. The van der Waals surface area contributed by atoms with Gasteiger partial charge in [-0.3, -0.25) is 9.59 Å². The molecule has 3 fully saturated rings. The van der Waals surface area contributed by atoms with Gasteiger partial charge in [0.15, 0.2) is 0 Å². The first-order chi connectivity index (χ1) is 11.5. The molecule has 2 aliphatic carbocycles. The Morgan fingerprint density at radius 2 is 1.76 bits per heavy atom. The highest BCUT2D eigenvalue weighted by molar-refractivity contribution is 5.85. The van der Waals surface area contributed by atoms with Crippen LogP contribution in [0.5, 0.6) is 0 Å². The predicted molar refractivity (Wildman–Crippen MR) is 101 cm³/mol. The van der Waals surface area contributed by atoms with Crippen molar-refractivity contribution in [3.8, 4) is 0 Å². The predicted octanol–water partition coefficient (Wildman–Crippen LogP) is 2.28. The molecule has 0 spiro atoms. The van der Waals surface area contributed by atoms with Gasteiger partial charge in [-0.1, -0.05) is 13.3 Å². The number of nitrogens with zero attached hydrogens (tertiary/aromatic N) is 2. The van der Waals surface area contributed by atoms with Crippen LogP contribution in [-0.2, 0) is 9.59 Å². The zero-order chi connectivity index (χ0) is 17.3. The van der Waals surface area contributed by atoms with Crippen LogP contribution in [0.4, 0.5) is 0 Å². The summed E-state index contributed by atoms with van der Waals surface area (Å²) in [5.41, 5.74) is 6.33. The summed E-state index contributed by atoms with van der Waals surface area (Å²) in [4.78, 5) is 29.3. The molecule has 6 heteroatoms. The third kappa shape index (κ3) is 4.13. The molecule has 2 bridgehead atoms. The van der Waals surface area contributed by atoms with Crippen molar-refractivity contribution in [3.63, 3.8) is 0 Å². The van der Waals surface area contributed by atoms with Gasteiger partial charge in [0.2, 0.25) is 11.8 Å². The van der Waals surface area contributed by atoms with Crippen LogP contribution in [0, 0.1) is 23.7 Å². The van der Waals surface area contributed by atoms with Gasteiger partial charge >= 0.3 is 0 Å². The number of halogens is 1. The standard InChI is InChI=1S/C19H33N3O2.ClH/c1-3-4-9-21(2)18(23)13-7-10-22(11-8-13)19(24)16-14-5-6-15(12-14)17(16)20;/h13-17H,3-12,20H2,1-2H3;1H. The van der Waals surface area contributed by atoms with E-state index >= 15 is 0 Å². The van der Waals surface area contributed by atoms with Crippen LogP contribution in [0.25, 0.3) is 0 Å². The molecule has 4 unspecified atom stereocenters. The van der Waals surface area contributed by atoms with E-state index in [0.717, 1.165) is 51.7 Å². The van der Waals surface area contributed by atoms with E-state index in [9.17, 15) is 9.59 Å². The van der Waals surface area contributed by atoms with Crippen molar-refractivity contribution in [3.05, 3.63) is 0 Å². The number of nitrogens with two attached hydrogens (primary N) is 1. The molecule has 0 radical (unpaired) electrons. The van der Waals surface area contributed by atoms with Crippen LogP contribution in [0.15, 0.2) is 0 Å². The summed E-state index contributed by atoms with van der Waals surface area (Å²) in [6.45, 7) is 4.42. The number of hydrogen-bond donors (Lipinski definition) is 1. The van der Waals surface area contributed by atoms with Gasteiger partial charge < -0.3 is 15.5 Å². The summed E-state index contributed by atoms with van der Waals surface area (Å²) in [7, 11) is 1.91. The van der Waals surface area contributed by atoms with E-state index in [1.165, 1.54) is 12.8 Å². The second kappa shape index (κ2) is 8.72. The molecule has 25 heavy (non-hydrogen) atoms. The number of unbranched alkanes of at least 4 members (excludes halogenated alkanes) is 1. The van der Waals surface area contributed by atoms with Gasteiger partial charge in [0.05, 0.1) is 5.92 Å². The molecule has 1 heterocycles. The van der Waals surface area contributed by atoms with E-state index in [2.05, 4.69) is 6.92 Å². The summed E-state index contributed by atoms with van der Waals surface area (Å²) in [6, 6.07) is 0.0655. The summed E-state index contributed by atoms with van der Waals surface area (Å²) in [5.74, 6) is 1.73. The SMILES string of the molecule is CCCCN(C)C(=O)C1CCN(C(=O)C2C3CCC(C3)C2N)CC1.Cl. The number of hydrogen-bond acceptors (Lipinski definition) is 3. The molecule has 1 aliphatic heterocycles. The second-order valence-electron chi connectivity index (χ2n) is 8.15. The molecular formula is C19H34ClN3O2. The molecule has 2 N–H and O–H groups in total. The van der Waals surface area contributed by atoms with Crippen LogP contribution >= 0.6 is 12.4 Å². The van der Waals surface area contributed by atoms with E-state index in [1.54, 1.807) is 0 Å². The van der Waals surface area contributed by atoms with Crippen LogP contribution in [-0.4, -0.2) is 54.3 Å². The van der Waals surface area contributed by atoms with Gasteiger partial charge in [-0.2, -0.15) is 0 Å². The minimum absolute atomic E-state index is 0. The Balaban J connectivity index is 0.00000225. The van der Waals surface area contributed by atoms with E-state index < -0.39 is 0 Å². The van der Waals surface area contributed by atoms with Gasteiger partial charge in [0.25, 0.3) is 0 Å². The Morgan fingerprint density at radius 3 is 2.32 bits per heavy atom. The van der Waals surface area contributed by atoms with Crippen molar-refractivity contribution >= 4 is 24.2 Å². The molecule has 0 aromatic rings. The first-order valence-electron chi connectivity index (χ1n) is 9.82. The molecule has 2 saturated carbocycles. The van der Waals surface area contributed by atoms with Crippen molar-refractivity contribution in [2.24, 2.45) is 29.4 Å². The maximum atomic E-state index is 12.9. The Labute approximate surface area is 158 Å². The van der Waals surface area contributed by atoms with Crippen LogP contribution in [0.2, 0.25) is 0 Å². The summed E-state index contributed by atoms with van der Waals surface area (Å²) >= 11 is 0. The third-order valence-electron chi connectivity index (χ3n) is 6.64. The van der Waals surface area contributed by atoms with Crippen molar-refractivity contribution in [1.82, 2.24) is 9.80 Å². The number of piperidine rings is 1. The molecule has 1 saturated heterocycles. The molecule has 3 aliphatic rings. The lowest BCUT2D eigenvalue weighted by Gasteiger charge is -2.37. The number of fused-ring (bicyclic) bond motifs is 2. The summed E-state index contributed by atoms with van der Waals surface area (Å²) < 4.78 is 0. The Kier molecular flexibility index (Phi) is 7.15. The van der Waals surface area contributed by atoms with Crippen molar-refractivity contribution < 1.29 is 9.59 Å². The average Bonchev–Trinajstić information content (AvgIpc) is 3.19. The molecule has 2 amide bonds. The highest BCUT2D eigenvalue weighted by Crippen LogP contribution is 2.48. The largest absolute Gasteiger partial charge is 0.346 e. The fourth-order valence-corrected chi connectivity index (χ4v) is 5.08. The molecule has 3 rings (SSSR count). The van der Waals surface area contributed by atoms with Crippen molar-refractivity contribution in [2.75, 3.05) is 26.7 Å². The van der Waals surface area contributed by atoms with Crippen LogP contribution < -0.4 is 5.73 Å². The zero-order valence-corrected chi connectivity index (χ0v) is 16.5. The fourth-order valence-electron chi connectivity index (χ4n) is 5.08. The van der Waals surface area contributed by atoms with Gasteiger partial charge in [-0.25, -0.2) is 0 Å². The molecule has 0 aromatic carbocycles. The van der Waals surface area contributed by atoms with Crippen LogP contribution in [0.3, 0.4) is 0 Å². The highest BCUT2D eigenvalue weighted by atomic mass is 35.5. The maximum absolute atomic E-state index is 12.9. The highest BCUT2D eigenvalue weighted by Gasteiger charge is 2.50. The van der Waals surface area contributed by atoms with E-state index in [1.807, 2.05) is 16.8 Å². The maximum Gasteiger partial charge on any atom is 0.227 e. The van der Waals surface area contributed by atoms with Gasteiger partial charge in [0, 0.05) is 38.6 Å². The first-order valence-corrected chi connectivity index (χ1v) is 9.82. The normalized spacial score (nSPS) is 31.7. The summed E-state index contributed by atoms with van der Waals surface area (Å²) in [5, 5.41) is 0. The number of carbonyl (C=O) groups excluding carboxylic acids is 2. The smallest absolute Gasteiger partial charge is 0.227 e. The van der Waals surface area contributed by atoms with E-state index in [4.69, 9.17) is 5.73 Å².